The molecular formula is C14H21N5O. The van der Waals surface area contributed by atoms with Crippen LogP contribution in [0.15, 0.2) is 24.5 Å². The fourth-order valence-electron chi connectivity index (χ4n) is 1.88. The molecule has 0 saturated carbocycles. The topological polar surface area (TPSA) is 69.2 Å². The first-order valence-corrected chi connectivity index (χ1v) is 6.57. The van der Waals surface area contributed by atoms with E-state index in [9.17, 15) is 0 Å². The number of benzene rings is 1. The van der Waals surface area contributed by atoms with Crippen LogP contribution in [0.25, 0.3) is 0 Å². The van der Waals surface area contributed by atoms with Gasteiger partial charge in [0.05, 0.1) is 5.69 Å². The van der Waals surface area contributed by atoms with Crippen molar-refractivity contribution in [2.24, 2.45) is 0 Å². The minimum absolute atomic E-state index is 0.251. The maximum atomic E-state index is 5.94. The first kappa shape index (κ1) is 14.2. The summed E-state index contributed by atoms with van der Waals surface area (Å²) in [6, 6.07) is 5.98. The van der Waals surface area contributed by atoms with E-state index in [0.717, 1.165) is 11.5 Å². The normalized spacial score (nSPS) is 10.8. The van der Waals surface area contributed by atoms with Crippen molar-refractivity contribution in [1.82, 2.24) is 14.8 Å². The Balaban J connectivity index is 2.14. The monoisotopic (exact) mass is 275 g/mol. The van der Waals surface area contributed by atoms with E-state index in [-0.39, 0.29) is 6.04 Å². The molecule has 20 heavy (non-hydrogen) atoms. The number of nitrogens with two attached hydrogens (primary N) is 1. The zero-order valence-corrected chi connectivity index (χ0v) is 12.4. The Morgan fingerprint density at radius 1 is 1.35 bits per heavy atom. The van der Waals surface area contributed by atoms with Crippen LogP contribution in [-0.4, -0.2) is 28.9 Å². The van der Waals surface area contributed by atoms with Crippen LogP contribution in [0.2, 0.25) is 0 Å². The van der Waals surface area contributed by atoms with Crippen LogP contribution in [0.1, 0.15) is 25.7 Å². The van der Waals surface area contributed by atoms with Crippen LogP contribution in [0.5, 0.6) is 5.75 Å². The molecule has 0 aliphatic carbocycles. The van der Waals surface area contributed by atoms with Crippen molar-refractivity contribution in [3.05, 3.63) is 30.4 Å². The standard InChI is InChI=1S/C14H21N5O/c1-10(2)19-14(16-9-17-19)8-20-13-7-11(18(3)4)5-6-12(13)15/h5-7,9-10H,8,15H2,1-4H3. The highest BCUT2D eigenvalue weighted by Crippen LogP contribution is 2.27. The van der Waals surface area contributed by atoms with Gasteiger partial charge in [-0.1, -0.05) is 0 Å². The molecule has 2 N–H and O–H groups in total. The summed E-state index contributed by atoms with van der Waals surface area (Å²) in [5.41, 5.74) is 7.60. The molecule has 1 aromatic heterocycles. The average molecular weight is 275 g/mol. The Bertz CT molecular complexity index is 577. The largest absolute Gasteiger partial charge is 0.483 e. The Kier molecular flexibility index (Phi) is 4.12. The highest BCUT2D eigenvalue weighted by atomic mass is 16.5. The highest BCUT2D eigenvalue weighted by molar-refractivity contribution is 5.61. The quantitative estimate of drug-likeness (QED) is 0.846. The lowest BCUT2D eigenvalue weighted by Crippen LogP contribution is -2.12. The molecule has 0 spiro atoms. The van der Waals surface area contributed by atoms with Crippen LogP contribution in [0.4, 0.5) is 11.4 Å². The van der Waals surface area contributed by atoms with Crippen molar-refractivity contribution < 1.29 is 4.74 Å². The van der Waals surface area contributed by atoms with Gasteiger partial charge in [0, 0.05) is 31.9 Å². The fraction of sp³-hybridized carbons (Fsp3) is 0.429. The molecule has 0 atom stereocenters. The van der Waals surface area contributed by atoms with Gasteiger partial charge in [0.1, 0.15) is 18.7 Å². The van der Waals surface area contributed by atoms with Gasteiger partial charge in [0.2, 0.25) is 0 Å². The predicted molar refractivity (Wildman–Crippen MR) is 79.9 cm³/mol. The molecular weight excluding hydrogens is 254 g/mol. The van der Waals surface area contributed by atoms with Gasteiger partial charge >= 0.3 is 0 Å². The van der Waals surface area contributed by atoms with Gasteiger partial charge < -0.3 is 15.4 Å². The molecule has 2 aromatic rings. The molecule has 0 aliphatic heterocycles. The van der Waals surface area contributed by atoms with E-state index in [1.54, 1.807) is 0 Å². The van der Waals surface area contributed by atoms with Gasteiger partial charge in [0.25, 0.3) is 0 Å². The van der Waals surface area contributed by atoms with Crippen molar-refractivity contribution in [3.63, 3.8) is 0 Å². The minimum Gasteiger partial charge on any atom is -0.483 e. The smallest absolute Gasteiger partial charge is 0.165 e. The Morgan fingerprint density at radius 2 is 2.10 bits per heavy atom. The van der Waals surface area contributed by atoms with E-state index in [0.29, 0.717) is 18.0 Å². The summed E-state index contributed by atoms with van der Waals surface area (Å²) in [5, 5.41) is 4.18. The van der Waals surface area contributed by atoms with Crippen LogP contribution in [0, 0.1) is 0 Å². The fourth-order valence-corrected chi connectivity index (χ4v) is 1.88. The molecule has 0 radical (unpaired) electrons. The first-order chi connectivity index (χ1) is 9.49. The summed E-state index contributed by atoms with van der Waals surface area (Å²) in [6.07, 6.45) is 1.54. The Hall–Kier alpha value is -2.24. The van der Waals surface area contributed by atoms with Gasteiger partial charge in [-0.3, -0.25) is 0 Å². The van der Waals surface area contributed by atoms with Gasteiger partial charge in [-0.15, -0.1) is 0 Å². The predicted octanol–water partition coefficient (Wildman–Crippen LogP) is 2.09. The molecule has 0 amide bonds. The van der Waals surface area contributed by atoms with Gasteiger partial charge in [-0.2, -0.15) is 5.10 Å². The van der Waals surface area contributed by atoms with E-state index >= 15 is 0 Å². The van der Waals surface area contributed by atoms with Crippen molar-refractivity contribution in [1.29, 1.82) is 0 Å². The zero-order valence-electron chi connectivity index (χ0n) is 12.4. The number of hydrogen-bond acceptors (Lipinski definition) is 5. The number of nitrogens with zero attached hydrogens (tertiary/aromatic N) is 4. The number of aromatic nitrogens is 3. The molecule has 108 valence electrons. The van der Waals surface area contributed by atoms with Gasteiger partial charge in [-0.05, 0) is 26.0 Å². The third-order valence-corrected chi connectivity index (χ3v) is 3.01. The lowest BCUT2D eigenvalue weighted by Gasteiger charge is -2.16. The minimum atomic E-state index is 0.251. The second-order valence-corrected chi connectivity index (χ2v) is 5.12. The average Bonchev–Trinajstić information content (AvgIpc) is 2.86. The molecule has 0 bridgehead atoms. The van der Waals surface area contributed by atoms with E-state index < -0.39 is 0 Å². The van der Waals surface area contributed by atoms with Gasteiger partial charge in [0.15, 0.2) is 5.82 Å². The van der Waals surface area contributed by atoms with E-state index in [4.69, 9.17) is 10.5 Å². The summed E-state index contributed by atoms with van der Waals surface area (Å²) in [4.78, 5) is 6.22. The highest BCUT2D eigenvalue weighted by Gasteiger charge is 2.10. The van der Waals surface area contributed by atoms with Gasteiger partial charge in [-0.25, -0.2) is 9.67 Å². The molecule has 0 unspecified atom stereocenters. The molecule has 0 saturated heterocycles. The van der Waals surface area contributed by atoms with Crippen molar-refractivity contribution >= 4 is 11.4 Å². The molecule has 0 aliphatic rings. The first-order valence-electron chi connectivity index (χ1n) is 6.57. The molecule has 1 heterocycles. The molecule has 6 nitrogen and oxygen atoms in total. The number of rotatable bonds is 5. The lowest BCUT2D eigenvalue weighted by molar-refractivity contribution is 0.284. The summed E-state index contributed by atoms with van der Waals surface area (Å²) in [7, 11) is 3.95. The summed E-state index contributed by atoms with van der Waals surface area (Å²) >= 11 is 0. The summed E-state index contributed by atoms with van der Waals surface area (Å²) in [6.45, 7) is 4.46. The number of anilines is 2. The van der Waals surface area contributed by atoms with Crippen molar-refractivity contribution in [3.8, 4) is 5.75 Å². The number of ether oxygens (including phenoxy) is 1. The zero-order chi connectivity index (χ0) is 14.7. The molecule has 1 aromatic carbocycles. The van der Waals surface area contributed by atoms with Crippen LogP contribution in [-0.2, 0) is 6.61 Å². The van der Waals surface area contributed by atoms with E-state index in [1.165, 1.54) is 6.33 Å². The second kappa shape index (κ2) is 5.81. The third-order valence-electron chi connectivity index (χ3n) is 3.01. The molecule has 6 heteroatoms. The number of hydrogen-bond donors (Lipinski definition) is 1. The molecule has 0 fully saturated rings. The SMILES string of the molecule is CC(C)n1ncnc1COc1cc(N(C)C)ccc1N. The summed E-state index contributed by atoms with van der Waals surface area (Å²) in [5.74, 6) is 1.45. The third kappa shape index (κ3) is 3.01. The Morgan fingerprint density at radius 3 is 2.75 bits per heavy atom. The second-order valence-electron chi connectivity index (χ2n) is 5.12. The lowest BCUT2D eigenvalue weighted by atomic mass is 10.2. The van der Waals surface area contributed by atoms with Crippen LogP contribution >= 0.6 is 0 Å². The van der Waals surface area contributed by atoms with Crippen LogP contribution in [0.3, 0.4) is 0 Å². The summed E-state index contributed by atoms with van der Waals surface area (Å²) < 4.78 is 7.63. The molecule has 2 rings (SSSR count). The van der Waals surface area contributed by atoms with Crippen molar-refractivity contribution in [2.45, 2.75) is 26.5 Å². The van der Waals surface area contributed by atoms with Crippen LogP contribution < -0.4 is 15.4 Å². The Labute approximate surface area is 119 Å². The maximum Gasteiger partial charge on any atom is 0.165 e. The number of nitrogen functional groups attached to an aromatic ring is 1. The van der Waals surface area contributed by atoms with Crippen molar-refractivity contribution in [2.75, 3.05) is 24.7 Å². The van der Waals surface area contributed by atoms with E-state index in [1.807, 2.05) is 41.9 Å². The van der Waals surface area contributed by atoms with E-state index in [2.05, 4.69) is 23.9 Å². The maximum absolute atomic E-state index is 5.94.